The number of benzene rings is 1. The van der Waals surface area contributed by atoms with Crippen molar-refractivity contribution in [1.82, 2.24) is 4.98 Å². The van der Waals surface area contributed by atoms with Crippen molar-refractivity contribution >= 4 is 52.4 Å². The van der Waals surface area contributed by atoms with Gasteiger partial charge in [-0.15, -0.1) is 0 Å². The van der Waals surface area contributed by atoms with Crippen LogP contribution in [-0.4, -0.2) is 23.0 Å². The van der Waals surface area contributed by atoms with Crippen molar-refractivity contribution in [1.29, 1.82) is 0 Å². The van der Waals surface area contributed by atoms with E-state index in [0.717, 1.165) is 16.7 Å². The molecule has 5 nitrogen and oxygen atoms in total. The molecule has 0 aliphatic carbocycles. The number of hydrogen-bond acceptors (Lipinski definition) is 4. The van der Waals surface area contributed by atoms with Gasteiger partial charge in [0, 0.05) is 11.9 Å². The number of aryl methyl sites for hydroxylation is 3. The Morgan fingerprint density at radius 1 is 1.08 bits per heavy atom. The number of esters is 1. The number of anilines is 1. The highest BCUT2D eigenvalue weighted by molar-refractivity contribution is 6.48. The molecule has 0 unspecified atom stereocenters. The normalized spacial score (nSPS) is 11.8. The molecular formula is C18H17Cl3N2O3. The summed E-state index contributed by atoms with van der Waals surface area (Å²) in [5.41, 5.74) is 3.42. The largest absolute Gasteiger partial charge is 0.448 e. The van der Waals surface area contributed by atoms with Crippen molar-refractivity contribution in [3.8, 4) is 0 Å². The Morgan fingerprint density at radius 2 is 1.65 bits per heavy atom. The van der Waals surface area contributed by atoms with Crippen LogP contribution in [0.1, 0.15) is 34.1 Å². The topological polar surface area (TPSA) is 68.3 Å². The zero-order valence-corrected chi connectivity index (χ0v) is 16.9. The van der Waals surface area contributed by atoms with Crippen LogP contribution in [0.3, 0.4) is 0 Å². The van der Waals surface area contributed by atoms with Crippen molar-refractivity contribution in [3.05, 3.63) is 55.8 Å². The van der Waals surface area contributed by atoms with E-state index < -0.39 is 18.0 Å². The second kappa shape index (κ2) is 8.25. The molecule has 26 heavy (non-hydrogen) atoms. The first-order valence-electron chi connectivity index (χ1n) is 7.71. The Morgan fingerprint density at radius 3 is 2.23 bits per heavy atom. The van der Waals surface area contributed by atoms with Gasteiger partial charge in [0.05, 0.1) is 15.1 Å². The second-order valence-electron chi connectivity index (χ2n) is 5.89. The fourth-order valence-electron chi connectivity index (χ4n) is 2.46. The van der Waals surface area contributed by atoms with E-state index in [0.29, 0.717) is 5.69 Å². The first kappa shape index (κ1) is 20.5. The van der Waals surface area contributed by atoms with Gasteiger partial charge in [-0.1, -0.05) is 52.5 Å². The van der Waals surface area contributed by atoms with Crippen LogP contribution in [0.15, 0.2) is 18.3 Å². The highest BCUT2D eigenvalue weighted by Gasteiger charge is 2.24. The molecule has 1 amide bonds. The van der Waals surface area contributed by atoms with E-state index in [2.05, 4.69) is 10.3 Å². The minimum atomic E-state index is -1.06. The van der Waals surface area contributed by atoms with Gasteiger partial charge < -0.3 is 10.1 Å². The molecule has 2 aromatic rings. The monoisotopic (exact) mass is 414 g/mol. The number of aromatic nitrogens is 1. The standard InChI is InChI=1S/C18H17Cl3N2O3/c1-8-5-9(2)15(10(3)6-8)23-17(24)11(4)26-18(25)16-14(21)13(20)12(19)7-22-16/h5-7,11H,1-4H3,(H,23,24)/t11-/m0/s1. The second-order valence-corrected chi connectivity index (χ2v) is 7.06. The summed E-state index contributed by atoms with van der Waals surface area (Å²) in [6, 6.07) is 3.91. The maximum absolute atomic E-state index is 12.4. The number of hydrogen-bond donors (Lipinski definition) is 1. The van der Waals surface area contributed by atoms with Gasteiger partial charge in [-0.2, -0.15) is 0 Å². The molecule has 0 saturated heterocycles. The number of ether oxygens (including phenoxy) is 1. The summed E-state index contributed by atoms with van der Waals surface area (Å²) in [6.45, 7) is 7.22. The Hall–Kier alpha value is -1.82. The van der Waals surface area contributed by atoms with E-state index >= 15 is 0 Å². The van der Waals surface area contributed by atoms with E-state index in [4.69, 9.17) is 39.5 Å². The lowest BCUT2D eigenvalue weighted by Crippen LogP contribution is -2.30. The summed E-state index contributed by atoms with van der Waals surface area (Å²) < 4.78 is 5.15. The molecule has 0 saturated carbocycles. The lowest BCUT2D eigenvalue weighted by Gasteiger charge is -2.17. The smallest absolute Gasteiger partial charge is 0.359 e. The highest BCUT2D eigenvalue weighted by atomic mass is 35.5. The lowest BCUT2D eigenvalue weighted by atomic mass is 10.0. The van der Waals surface area contributed by atoms with Crippen molar-refractivity contribution < 1.29 is 14.3 Å². The average Bonchev–Trinajstić information content (AvgIpc) is 2.55. The van der Waals surface area contributed by atoms with Crippen LogP contribution in [0.25, 0.3) is 0 Å². The summed E-state index contributed by atoms with van der Waals surface area (Å²) in [7, 11) is 0. The number of carbonyl (C=O) groups excluding carboxylic acids is 2. The third kappa shape index (κ3) is 4.47. The lowest BCUT2D eigenvalue weighted by molar-refractivity contribution is -0.123. The van der Waals surface area contributed by atoms with Gasteiger partial charge in [-0.3, -0.25) is 4.79 Å². The van der Waals surface area contributed by atoms with Gasteiger partial charge in [0.15, 0.2) is 11.8 Å². The van der Waals surface area contributed by atoms with Gasteiger partial charge in [0.25, 0.3) is 5.91 Å². The van der Waals surface area contributed by atoms with Crippen molar-refractivity contribution in [2.24, 2.45) is 0 Å². The van der Waals surface area contributed by atoms with Crippen molar-refractivity contribution in [2.75, 3.05) is 5.32 Å². The fraction of sp³-hybridized carbons (Fsp3) is 0.278. The first-order valence-corrected chi connectivity index (χ1v) is 8.84. The van der Waals surface area contributed by atoms with Crippen molar-refractivity contribution in [2.45, 2.75) is 33.8 Å². The Labute approximate surface area is 166 Å². The van der Waals surface area contributed by atoms with Gasteiger partial charge in [-0.05, 0) is 38.8 Å². The average molecular weight is 416 g/mol. The van der Waals surface area contributed by atoms with E-state index in [-0.39, 0.29) is 20.8 Å². The van der Waals surface area contributed by atoms with Crippen LogP contribution >= 0.6 is 34.8 Å². The van der Waals surface area contributed by atoms with E-state index in [1.54, 1.807) is 0 Å². The Kier molecular flexibility index (Phi) is 6.50. The van der Waals surface area contributed by atoms with Crippen LogP contribution in [0, 0.1) is 20.8 Å². The summed E-state index contributed by atoms with van der Waals surface area (Å²) in [4.78, 5) is 28.4. The first-order chi connectivity index (χ1) is 12.1. The van der Waals surface area contributed by atoms with Crippen LogP contribution in [0.5, 0.6) is 0 Å². The van der Waals surface area contributed by atoms with E-state index in [1.807, 2.05) is 32.9 Å². The molecule has 0 aliphatic rings. The fourth-order valence-corrected chi connectivity index (χ4v) is 3.02. The molecular weight excluding hydrogens is 399 g/mol. The predicted octanol–water partition coefficient (Wildman–Crippen LogP) is 5.15. The van der Waals surface area contributed by atoms with Gasteiger partial charge in [-0.25, -0.2) is 9.78 Å². The Balaban J connectivity index is 2.13. The predicted molar refractivity (Wildman–Crippen MR) is 103 cm³/mol. The summed E-state index contributed by atoms with van der Waals surface area (Å²) >= 11 is 17.6. The number of rotatable bonds is 4. The summed E-state index contributed by atoms with van der Waals surface area (Å²) in [5.74, 6) is -1.34. The zero-order chi connectivity index (χ0) is 19.6. The molecule has 1 heterocycles. The van der Waals surface area contributed by atoms with E-state index in [1.165, 1.54) is 13.1 Å². The number of nitrogens with zero attached hydrogens (tertiary/aromatic N) is 1. The molecule has 0 fully saturated rings. The molecule has 8 heteroatoms. The Bertz CT molecular complexity index is 861. The van der Waals surface area contributed by atoms with Gasteiger partial charge in [0.1, 0.15) is 0 Å². The van der Waals surface area contributed by atoms with Gasteiger partial charge in [0.2, 0.25) is 0 Å². The molecule has 1 atom stereocenters. The van der Waals surface area contributed by atoms with E-state index in [9.17, 15) is 9.59 Å². The maximum atomic E-state index is 12.4. The SMILES string of the molecule is Cc1cc(C)c(NC(=O)[C@H](C)OC(=O)c2ncc(Cl)c(Cl)c2Cl)c(C)c1. The molecule has 1 aromatic heterocycles. The summed E-state index contributed by atoms with van der Waals surface area (Å²) in [5, 5.41) is 2.77. The molecule has 2 rings (SSSR count). The zero-order valence-electron chi connectivity index (χ0n) is 14.6. The third-order valence-electron chi connectivity index (χ3n) is 3.69. The molecule has 0 radical (unpaired) electrons. The summed E-state index contributed by atoms with van der Waals surface area (Å²) in [6.07, 6.45) is 0.130. The molecule has 138 valence electrons. The number of pyridine rings is 1. The third-order valence-corrected chi connectivity index (χ3v) is 4.93. The molecule has 0 aliphatic heterocycles. The molecule has 1 aromatic carbocycles. The highest BCUT2D eigenvalue weighted by Crippen LogP contribution is 2.31. The number of nitrogens with one attached hydrogen (secondary N) is 1. The van der Waals surface area contributed by atoms with Gasteiger partial charge >= 0.3 is 5.97 Å². The minimum absolute atomic E-state index is 0.00158. The van der Waals surface area contributed by atoms with Crippen LogP contribution in [0.4, 0.5) is 5.69 Å². The number of halogens is 3. The quantitative estimate of drug-likeness (QED) is 0.701. The van der Waals surface area contributed by atoms with Crippen LogP contribution in [-0.2, 0) is 9.53 Å². The number of amides is 1. The number of carbonyl (C=O) groups is 2. The molecule has 0 bridgehead atoms. The molecule has 1 N–H and O–H groups in total. The minimum Gasteiger partial charge on any atom is -0.448 e. The molecule has 0 spiro atoms. The van der Waals surface area contributed by atoms with Crippen molar-refractivity contribution in [3.63, 3.8) is 0 Å². The van der Waals surface area contributed by atoms with Crippen LogP contribution in [0.2, 0.25) is 15.1 Å². The maximum Gasteiger partial charge on any atom is 0.359 e. The van der Waals surface area contributed by atoms with Crippen LogP contribution < -0.4 is 5.32 Å².